The van der Waals surface area contributed by atoms with E-state index < -0.39 is 15.7 Å². The van der Waals surface area contributed by atoms with Gasteiger partial charge in [0, 0.05) is 32.6 Å². The van der Waals surface area contributed by atoms with Crippen molar-refractivity contribution in [3.05, 3.63) is 54.1 Å². The molecule has 0 aliphatic carbocycles. The summed E-state index contributed by atoms with van der Waals surface area (Å²) in [5.74, 6) is -1.10. The molecule has 0 spiro atoms. The van der Waals surface area contributed by atoms with Gasteiger partial charge in [0.2, 0.25) is 5.91 Å². The normalized spacial score (nSPS) is 14.9. The number of hydrogen-bond donors (Lipinski definition) is 0. The second kappa shape index (κ2) is 8.88. The Labute approximate surface area is 183 Å². The second-order valence-electron chi connectivity index (χ2n) is 7.33. The molecule has 2 heterocycles. The minimum atomic E-state index is -3.55. The van der Waals surface area contributed by atoms with Crippen molar-refractivity contribution in [3.63, 3.8) is 0 Å². The summed E-state index contributed by atoms with van der Waals surface area (Å²) in [7, 11) is -3.55. The average molecular weight is 466 g/mol. The van der Waals surface area contributed by atoms with Gasteiger partial charge in [0.1, 0.15) is 17.2 Å². The summed E-state index contributed by atoms with van der Waals surface area (Å²) in [4.78, 5) is 20.7. The number of halogens is 2. The molecular formula is C21H21F2N3O3S2. The van der Waals surface area contributed by atoms with Crippen molar-refractivity contribution < 1.29 is 22.0 Å². The van der Waals surface area contributed by atoms with Gasteiger partial charge in [-0.1, -0.05) is 17.4 Å². The van der Waals surface area contributed by atoms with E-state index in [2.05, 4.69) is 4.98 Å². The Kier molecular flexibility index (Phi) is 6.19. The van der Waals surface area contributed by atoms with Crippen LogP contribution in [0.5, 0.6) is 0 Å². The molecule has 0 bridgehead atoms. The number of anilines is 1. The minimum Gasteiger partial charge on any atom is -0.345 e. The first-order valence-electron chi connectivity index (χ1n) is 9.89. The summed E-state index contributed by atoms with van der Waals surface area (Å²) in [5, 5.41) is 0.734. The number of rotatable bonds is 6. The molecule has 6 nitrogen and oxygen atoms in total. The Balaban J connectivity index is 1.28. The monoisotopic (exact) mass is 465 g/mol. The van der Waals surface area contributed by atoms with Gasteiger partial charge >= 0.3 is 0 Å². The number of nitrogens with zero attached hydrogens (tertiary/aromatic N) is 3. The van der Waals surface area contributed by atoms with Crippen LogP contribution in [0.15, 0.2) is 47.4 Å². The standard InChI is InChI=1S/C21H21F2N3O3S2/c22-15-6-8-16(9-7-15)31(28,29)14-2-5-19(27)25-10-12-26(13-11-25)21-24-20-17(23)3-1-4-18(20)30-21/h1,3-4,6-9H,2,5,10-14H2. The van der Waals surface area contributed by atoms with E-state index in [1.54, 1.807) is 11.0 Å². The molecule has 1 aliphatic rings. The van der Waals surface area contributed by atoms with E-state index >= 15 is 0 Å². The van der Waals surface area contributed by atoms with Crippen molar-refractivity contribution in [2.75, 3.05) is 36.8 Å². The molecule has 3 aromatic rings. The van der Waals surface area contributed by atoms with Crippen LogP contribution in [0.3, 0.4) is 0 Å². The highest BCUT2D eigenvalue weighted by Crippen LogP contribution is 2.30. The largest absolute Gasteiger partial charge is 0.345 e. The number of thiazole rings is 1. The lowest BCUT2D eigenvalue weighted by atomic mass is 10.2. The average Bonchev–Trinajstić information content (AvgIpc) is 3.20. The third kappa shape index (κ3) is 4.85. The topological polar surface area (TPSA) is 70.6 Å². The maximum Gasteiger partial charge on any atom is 0.222 e. The minimum absolute atomic E-state index is 0.0576. The smallest absolute Gasteiger partial charge is 0.222 e. The molecule has 1 fully saturated rings. The molecule has 1 aliphatic heterocycles. The van der Waals surface area contributed by atoms with Gasteiger partial charge in [-0.3, -0.25) is 4.79 Å². The number of fused-ring (bicyclic) bond motifs is 1. The number of carbonyl (C=O) groups is 1. The Bertz CT molecular complexity index is 1190. The summed E-state index contributed by atoms with van der Waals surface area (Å²) < 4.78 is 52.3. The van der Waals surface area contributed by atoms with Gasteiger partial charge in [0.25, 0.3) is 0 Å². The maximum atomic E-state index is 13.9. The van der Waals surface area contributed by atoms with Crippen molar-refractivity contribution in [2.45, 2.75) is 17.7 Å². The number of para-hydroxylation sites is 1. The number of piperazine rings is 1. The van der Waals surface area contributed by atoms with Gasteiger partial charge in [0.05, 0.1) is 15.3 Å². The van der Waals surface area contributed by atoms with Crippen LogP contribution in [0.2, 0.25) is 0 Å². The lowest BCUT2D eigenvalue weighted by Gasteiger charge is -2.34. The van der Waals surface area contributed by atoms with Crippen LogP contribution in [0.25, 0.3) is 10.2 Å². The summed E-state index contributed by atoms with van der Waals surface area (Å²) in [6, 6.07) is 9.57. The number of amides is 1. The van der Waals surface area contributed by atoms with Crippen LogP contribution < -0.4 is 4.90 Å². The fraction of sp³-hybridized carbons (Fsp3) is 0.333. The molecular weight excluding hydrogens is 444 g/mol. The number of aromatic nitrogens is 1. The van der Waals surface area contributed by atoms with Gasteiger partial charge < -0.3 is 9.80 Å². The van der Waals surface area contributed by atoms with E-state index in [0.717, 1.165) is 22.0 Å². The zero-order valence-electron chi connectivity index (χ0n) is 16.6. The van der Waals surface area contributed by atoms with E-state index in [1.165, 1.54) is 29.5 Å². The first kappa shape index (κ1) is 21.6. The van der Waals surface area contributed by atoms with E-state index in [-0.39, 0.29) is 35.2 Å². The highest BCUT2D eigenvalue weighted by atomic mass is 32.2. The highest BCUT2D eigenvalue weighted by Gasteiger charge is 2.24. The SMILES string of the molecule is O=C(CCCS(=O)(=O)c1ccc(F)cc1)N1CCN(c2nc3c(F)cccc3s2)CC1. The fourth-order valence-electron chi connectivity index (χ4n) is 3.52. The lowest BCUT2D eigenvalue weighted by molar-refractivity contribution is -0.131. The Hall–Kier alpha value is -2.59. The number of hydrogen-bond acceptors (Lipinski definition) is 6. The first-order valence-corrected chi connectivity index (χ1v) is 12.4. The van der Waals surface area contributed by atoms with Gasteiger partial charge in [-0.05, 0) is 42.8 Å². The van der Waals surface area contributed by atoms with Crippen molar-refractivity contribution in [1.82, 2.24) is 9.88 Å². The van der Waals surface area contributed by atoms with Crippen LogP contribution in [0.4, 0.5) is 13.9 Å². The molecule has 0 radical (unpaired) electrons. The molecule has 2 aromatic carbocycles. The quantitative estimate of drug-likeness (QED) is 0.522. The predicted octanol–water partition coefficient (Wildman–Crippen LogP) is 3.48. The van der Waals surface area contributed by atoms with E-state index in [0.29, 0.717) is 31.7 Å². The molecule has 0 saturated carbocycles. The van der Waals surface area contributed by atoms with E-state index in [4.69, 9.17) is 0 Å². The highest BCUT2D eigenvalue weighted by molar-refractivity contribution is 7.91. The third-order valence-corrected chi connectivity index (χ3v) is 8.14. The van der Waals surface area contributed by atoms with E-state index in [1.807, 2.05) is 11.0 Å². The van der Waals surface area contributed by atoms with Crippen molar-refractivity contribution >= 4 is 42.4 Å². The van der Waals surface area contributed by atoms with Gasteiger partial charge in [0.15, 0.2) is 15.0 Å². The summed E-state index contributed by atoms with van der Waals surface area (Å²) in [6.45, 7) is 2.17. The van der Waals surface area contributed by atoms with Crippen LogP contribution in [-0.2, 0) is 14.6 Å². The second-order valence-corrected chi connectivity index (χ2v) is 10.4. The Morgan fingerprint density at radius 1 is 1.03 bits per heavy atom. The van der Waals surface area contributed by atoms with Gasteiger partial charge in [-0.2, -0.15) is 0 Å². The molecule has 164 valence electrons. The van der Waals surface area contributed by atoms with Crippen LogP contribution >= 0.6 is 11.3 Å². The summed E-state index contributed by atoms with van der Waals surface area (Å²) in [5.41, 5.74) is 0.364. The molecule has 10 heteroatoms. The molecule has 31 heavy (non-hydrogen) atoms. The number of carbonyl (C=O) groups excluding carboxylic acids is 1. The van der Waals surface area contributed by atoms with Gasteiger partial charge in [-0.25, -0.2) is 22.2 Å². The molecule has 0 N–H and O–H groups in total. The third-order valence-electron chi connectivity index (χ3n) is 5.24. The molecule has 1 saturated heterocycles. The Morgan fingerprint density at radius 2 is 1.74 bits per heavy atom. The van der Waals surface area contributed by atoms with Crippen LogP contribution in [0, 0.1) is 11.6 Å². The molecule has 4 rings (SSSR count). The summed E-state index contributed by atoms with van der Waals surface area (Å²) >= 11 is 1.42. The number of benzene rings is 2. The van der Waals surface area contributed by atoms with Crippen LogP contribution in [-0.4, -0.2) is 56.1 Å². The predicted molar refractivity (Wildman–Crippen MR) is 116 cm³/mol. The van der Waals surface area contributed by atoms with Crippen molar-refractivity contribution in [1.29, 1.82) is 0 Å². The van der Waals surface area contributed by atoms with Crippen molar-refractivity contribution in [3.8, 4) is 0 Å². The zero-order chi connectivity index (χ0) is 22.0. The lowest BCUT2D eigenvalue weighted by Crippen LogP contribution is -2.48. The zero-order valence-corrected chi connectivity index (χ0v) is 18.3. The van der Waals surface area contributed by atoms with Crippen LogP contribution in [0.1, 0.15) is 12.8 Å². The molecule has 1 amide bonds. The Morgan fingerprint density at radius 3 is 2.42 bits per heavy atom. The van der Waals surface area contributed by atoms with Gasteiger partial charge in [-0.15, -0.1) is 0 Å². The first-order chi connectivity index (χ1) is 14.8. The summed E-state index contributed by atoms with van der Waals surface area (Å²) in [6.07, 6.45) is 0.336. The van der Waals surface area contributed by atoms with Crippen molar-refractivity contribution in [2.24, 2.45) is 0 Å². The molecule has 1 aromatic heterocycles. The van der Waals surface area contributed by atoms with E-state index in [9.17, 15) is 22.0 Å². The molecule has 0 unspecified atom stereocenters. The number of sulfone groups is 1. The molecule has 0 atom stereocenters. The maximum absolute atomic E-state index is 13.9. The fourth-order valence-corrected chi connectivity index (χ4v) is 5.86.